The largest absolute Gasteiger partial charge is 0.359 e. The van der Waals surface area contributed by atoms with Gasteiger partial charge in [-0.25, -0.2) is 4.98 Å². The second-order valence-corrected chi connectivity index (χ2v) is 7.17. The molecule has 0 amide bonds. The number of aliphatic imine (C=N–C) groups is 1. The van der Waals surface area contributed by atoms with Gasteiger partial charge in [-0.1, -0.05) is 24.6 Å². The Hall–Kier alpha value is -0.550. The third kappa shape index (κ3) is 2.50. The summed E-state index contributed by atoms with van der Waals surface area (Å²) in [5.74, 6) is 1.20. The Morgan fingerprint density at radius 1 is 1.47 bits per heavy atom. The Morgan fingerprint density at radius 3 is 3.00 bits per heavy atom. The molecule has 0 bridgehead atoms. The van der Waals surface area contributed by atoms with Gasteiger partial charge in [-0.15, -0.1) is 11.3 Å². The molecule has 1 N–H and O–H groups in total. The van der Waals surface area contributed by atoms with Crippen molar-refractivity contribution in [3.63, 3.8) is 0 Å². The van der Waals surface area contributed by atoms with E-state index in [9.17, 15) is 0 Å². The van der Waals surface area contributed by atoms with Crippen LogP contribution in [0.4, 0.5) is 0 Å². The minimum atomic E-state index is 0.377. The molecule has 92 valence electrons. The molecule has 0 aromatic carbocycles. The zero-order valence-corrected chi connectivity index (χ0v) is 11.7. The van der Waals surface area contributed by atoms with Crippen molar-refractivity contribution >= 4 is 28.3 Å². The first-order chi connectivity index (χ1) is 8.26. The molecule has 0 atom stereocenters. The molecule has 1 aliphatic heterocycles. The number of amidine groups is 1. The van der Waals surface area contributed by atoms with Crippen molar-refractivity contribution < 1.29 is 0 Å². The van der Waals surface area contributed by atoms with Gasteiger partial charge in [-0.2, -0.15) is 0 Å². The van der Waals surface area contributed by atoms with E-state index in [0.29, 0.717) is 5.54 Å². The monoisotopic (exact) mass is 267 g/mol. The third-order valence-electron chi connectivity index (χ3n) is 3.45. The van der Waals surface area contributed by atoms with Gasteiger partial charge < -0.3 is 5.32 Å². The minimum absolute atomic E-state index is 0.377. The number of nitrogens with zero attached hydrogens (tertiary/aromatic N) is 2. The average Bonchev–Trinajstić information content (AvgIpc) is 3.01. The first-order valence-electron chi connectivity index (χ1n) is 6.13. The molecule has 17 heavy (non-hydrogen) atoms. The normalized spacial score (nSPS) is 24.6. The lowest BCUT2D eigenvalue weighted by Gasteiger charge is -2.21. The summed E-state index contributed by atoms with van der Waals surface area (Å²) in [5.41, 5.74) is 0.377. The minimum Gasteiger partial charge on any atom is -0.359 e. The maximum Gasteiger partial charge on any atom is 0.157 e. The molecule has 0 unspecified atom stereocenters. The second-order valence-electron chi connectivity index (χ2n) is 4.89. The summed E-state index contributed by atoms with van der Waals surface area (Å²) in [6, 6.07) is 0. The van der Waals surface area contributed by atoms with E-state index in [4.69, 9.17) is 0 Å². The highest BCUT2D eigenvalue weighted by atomic mass is 32.2. The maximum atomic E-state index is 4.64. The number of nitrogens with one attached hydrogen (secondary N) is 1. The molecular formula is C12H17N3S2. The highest BCUT2D eigenvalue weighted by Gasteiger charge is 2.39. The number of aromatic nitrogens is 1. The summed E-state index contributed by atoms with van der Waals surface area (Å²) in [6.45, 7) is 2.81. The van der Waals surface area contributed by atoms with E-state index in [1.165, 1.54) is 36.3 Å². The van der Waals surface area contributed by atoms with Crippen LogP contribution in [0.15, 0.2) is 11.2 Å². The van der Waals surface area contributed by atoms with Crippen molar-refractivity contribution in [2.45, 2.75) is 44.7 Å². The van der Waals surface area contributed by atoms with E-state index >= 15 is 0 Å². The summed E-state index contributed by atoms with van der Waals surface area (Å²) in [6.07, 6.45) is 7.29. The average molecular weight is 267 g/mol. The molecule has 2 fully saturated rings. The predicted molar refractivity (Wildman–Crippen MR) is 74.8 cm³/mol. The molecular weight excluding hydrogens is 250 g/mol. The SMILES string of the molecule is Cc1cnc(CN=C2NC3(CCCC3)CS2)s1. The fourth-order valence-electron chi connectivity index (χ4n) is 2.53. The molecule has 2 aliphatic rings. The van der Waals surface area contributed by atoms with Crippen LogP contribution in [0.3, 0.4) is 0 Å². The van der Waals surface area contributed by atoms with Gasteiger partial charge >= 0.3 is 0 Å². The van der Waals surface area contributed by atoms with Crippen molar-refractivity contribution in [1.29, 1.82) is 0 Å². The van der Waals surface area contributed by atoms with Gasteiger partial charge in [0.05, 0.1) is 6.54 Å². The number of hydrogen-bond acceptors (Lipinski definition) is 4. The molecule has 5 heteroatoms. The number of aryl methyl sites for hydroxylation is 1. The molecule has 1 aromatic heterocycles. The van der Waals surface area contributed by atoms with E-state index < -0.39 is 0 Å². The summed E-state index contributed by atoms with van der Waals surface area (Å²) in [7, 11) is 0. The second kappa shape index (κ2) is 4.61. The van der Waals surface area contributed by atoms with Crippen LogP contribution in [0.2, 0.25) is 0 Å². The Labute approximate surface area is 110 Å². The topological polar surface area (TPSA) is 37.3 Å². The van der Waals surface area contributed by atoms with Crippen molar-refractivity contribution in [2.24, 2.45) is 4.99 Å². The number of thioether (sulfide) groups is 1. The van der Waals surface area contributed by atoms with Gasteiger partial charge in [-0.3, -0.25) is 4.99 Å². The lowest BCUT2D eigenvalue weighted by Crippen LogP contribution is -2.40. The first-order valence-corrected chi connectivity index (χ1v) is 7.93. The molecule has 0 radical (unpaired) electrons. The van der Waals surface area contributed by atoms with Gasteiger partial charge in [0.15, 0.2) is 5.17 Å². The Balaban J connectivity index is 1.62. The summed E-state index contributed by atoms with van der Waals surface area (Å²) < 4.78 is 0. The van der Waals surface area contributed by atoms with E-state index in [-0.39, 0.29) is 0 Å². The summed E-state index contributed by atoms with van der Waals surface area (Å²) >= 11 is 3.62. The van der Waals surface area contributed by atoms with Gasteiger partial charge in [0, 0.05) is 22.4 Å². The Kier molecular flexibility index (Phi) is 3.13. The number of rotatable bonds is 2. The first kappa shape index (κ1) is 11.5. The molecule has 1 spiro atoms. The van der Waals surface area contributed by atoms with Crippen LogP contribution < -0.4 is 5.32 Å². The van der Waals surface area contributed by atoms with Crippen LogP contribution >= 0.6 is 23.1 Å². The van der Waals surface area contributed by atoms with Crippen LogP contribution in [0.25, 0.3) is 0 Å². The fourth-order valence-corrected chi connectivity index (χ4v) is 4.46. The highest BCUT2D eigenvalue weighted by molar-refractivity contribution is 8.14. The Bertz CT molecular complexity index is 433. The van der Waals surface area contributed by atoms with Crippen LogP contribution in [-0.2, 0) is 6.54 Å². The molecule has 3 rings (SSSR count). The molecule has 2 heterocycles. The zero-order valence-electron chi connectivity index (χ0n) is 10.0. The van der Waals surface area contributed by atoms with Gasteiger partial charge in [0.2, 0.25) is 0 Å². The fraction of sp³-hybridized carbons (Fsp3) is 0.667. The highest BCUT2D eigenvalue weighted by Crippen LogP contribution is 2.37. The van der Waals surface area contributed by atoms with E-state index in [1.54, 1.807) is 11.3 Å². The molecule has 1 aliphatic carbocycles. The lowest BCUT2D eigenvalue weighted by atomic mass is 10.0. The van der Waals surface area contributed by atoms with Crippen LogP contribution in [-0.4, -0.2) is 21.4 Å². The van der Waals surface area contributed by atoms with Crippen molar-refractivity contribution in [2.75, 3.05) is 5.75 Å². The third-order valence-corrected chi connectivity index (χ3v) is 5.54. The lowest BCUT2D eigenvalue weighted by molar-refractivity contribution is 0.452. The molecule has 1 saturated carbocycles. The molecule has 3 nitrogen and oxygen atoms in total. The summed E-state index contributed by atoms with van der Waals surface area (Å²) in [5, 5.41) is 5.87. The van der Waals surface area contributed by atoms with E-state index in [1.807, 2.05) is 18.0 Å². The smallest absolute Gasteiger partial charge is 0.157 e. The van der Waals surface area contributed by atoms with Gasteiger partial charge in [0.1, 0.15) is 5.01 Å². The zero-order chi connectivity index (χ0) is 11.7. The van der Waals surface area contributed by atoms with Crippen LogP contribution in [0.1, 0.15) is 35.6 Å². The van der Waals surface area contributed by atoms with E-state index in [2.05, 4.69) is 22.2 Å². The number of hydrogen-bond donors (Lipinski definition) is 1. The molecule has 1 aromatic rings. The van der Waals surface area contributed by atoms with Gasteiger partial charge in [0.25, 0.3) is 0 Å². The van der Waals surface area contributed by atoms with Crippen LogP contribution in [0.5, 0.6) is 0 Å². The molecule has 1 saturated heterocycles. The van der Waals surface area contributed by atoms with Crippen LogP contribution in [0, 0.1) is 6.92 Å². The van der Waals surface area contributed by atoms with E-state index in [0.717, 1.165) is 16.7 Å². The van der Waals surface area contributed by atoms with Crippen molar-refractivity contribution in [3.05, 3.63) is 16.1 Å². The van der Waals surface area contributed by atoms with Crippen molar-refractivity contribution in [1.82, 2.24) is 10.3 Å². The summed E-state index contributed by atoms with van der Waals surface area (Å²) in [4.78, 5) is 10.2. The standard InChI is InChI=1S/C12H17N3S2/c1-9-6-13-10(17-9)7-14-11-15-12(8-16-11)4-2-3-5-12/h6H,2-5,7-8H2,1H3,(H,14,15). The van der Waals surface area contributed by atoms with Crippen molar-refractivity contribution in [3.8, 4) is 0 Å². The maximum absolute atomic E-state index is 4.64. The predicted octanol–water partition coefficient (Wildman–Crippen LogP) is 2.96. The quantitative estimate of drug-likeness (QED) is 0.895. The Morgan fingerprint density at radius 2 is 2.29 bits per heavy atom. The number of thiazole rings is 1. The van der Waals surface area contributed by atoms with Gasteiger partial charge in [-0.05, 0) is 19.8 Å².